The summed E-state index contributed by atoms with van der Waals surface area (Å²) in [4.78, 5) is 15.1. The molecule has 0 radical (unpaired) electrons. The Labute approximate surface area is 170 Å². The number of benzene rings is 2. The second kappa shape index (κ2) is 8.84. The molecule has 1 unspecified atom stereocenters. The van der Waals surface area contributed by atoms with E-state index in [9.17, 15) is 4.79 Å². The highest BCUT2D eigenvalue weighted by Gasteiger charge is 2.34. The standard InChI is InChI=1S/C23H24N2O4/c1-2-27-14-15-29-21-12-6-4-10-19(21)22-24-20-11-5-3-9-18(20)23(26)25(22)16-17-8-7-13-28-17/h3-13,22,24H,2,14-16H2,1H3. The molecule has 4 rings (SSSR count). The van der Waals surface area contributed by atoms with Gasteiger partial charge in [-0.15, -0.1) is 0 Å². The topological polar surface area (TPSA) is 63.9 Å². The molecular weight excluding hydrogens is 368 g/mol. The highest BCUT2D eigenvalue weighted by atomic mass is 16.5. The molecule has 0 bridgehead atoms. The Bertz CT molecular complexity index is 955. The number of carbonyl (C=O) groups excluding carboxylic acids is 1. The van der Waals surface area contributed by atoms with Crippen molar-refractivity contribution in [2.24, 2.45) is 0 Å². The summed E-state index contributed by atoms with van der Waals surface area (Å²) in [5.41, 5.74) is 2.34. The summed E-state index contributed by atoms with van der Waals surface area (Å²) in [7, 11) is 0. The quantitative estimate of drug-likeness (QED) is 0.574. The van der Waals surface area contributed by atoms with Gasteiger partial charge in [-0.05, 0) is 37.3 Å². The lowest BCUT2D eigenvalue weighted by atomic mass is 10.0. The van der Waals surface area contributed by atoms with Crippen LogP contribution in [0.2, 0.25) is 0 Å². The van der Waals surface area contributed by atoms with E-state index in [0.29, 0.717) is 31.9 Å². The fourth-order valence-corrected chi connectivity index (χ4v) is 3.46. The van der Waals surface area contributed by atoms with Gasteiger partial charge in [0.15, 0.2) is 0 Å². The van der Waals surface area contributed by atoms with E-state index >= 15 is 0 Å². The van der Waals surface area contributed by atoms with Crippen LogP contribution in [-0.2, 0) is 11.3 Å². The van der Waals surface area contributed by atoms with Crippen molar-refractivity contribution >= 4 is 11.6 Å². The maximum absolute atomic E-state index is 13.3. The van der Waals surface area contributed by atoms with E-state index in [1.54, 1.807) is 11.2 Å². The summed E-state index contributed by atoms with van der Waals surface area (Å²) in [5.74, 6) is 1.39. The lowest BCUT2D eigenvalue weighted by Gasteiger charge is -2.38. The minimum absolute atomic E-state index is 0.0510. The van der Waals surface area contributed by atoms with E-state index in [-0.39, 0.29) is 12.1 Å². The third-order valence-corrected chi connectivity index (χ3v) is 4.83. The molecule has 2 heterocycles. The molecule has 1 aliphatic heterocycles. The molecule has 0 spiro atoms. The number of hydrogen-bond donors (Lipinski definition) is 1. The number of furan rings is 1. The van der Waals surface area contributed by atoms with Crippen molar-refractivity contribution in [3.05, 3.63) is 83.8 Å². The number of rotatable bonds is 8. The molecule has 3 aromatic rings. The second-order valence-corrected chi connectivity index (χ2v) is 6.69. The summed E-state index contributed by atoms with van der Waals surface area (Å²) in [6, 6.07) is 19.0. The SMILES string of the molecule is CCOCCOc1ccccc1C1Nc2ccccc2C(=O)N1Cc1ccco1. The average Bonchev–Trinajstić information content (AvgIpc) is 3.27. The van der Waals surface area contributed by atoms with Crippen LogP contribution in [0.25, 0.3) is 0 Å². The van der Waals surface area contributed by atoms with Crippen LogP contribution >= 0.6 is 0 Å². The van der Waals surface area contributed by atoms with E-state index in [1.807, 2.05) is 67.6 Å². The van der Waals surface area contributed by atoms with Crippen molar-refractivity contribution in [2.45, 2.75) is 19.6 Å². The van der Waals surface area contributed by atoms with Crippen LogP contribution in [0.5, 0.6) is 5.75 Å². The third-order valence-electron chi connectivity index (χ3n) is 4.83. The van der Waals surface area contributed by atoms with Crippen LogP contribution < -0.4 is 10.1 Å². The van der Waals surface area contributed by atoms with Crippen molar-refractivity contribution in [1.29, 1.82) is 0 Å². The number of fused-ring (bicyclic) bond motifs is 1. The predicted octanol–water partition coefficient (Wildman–Crippen LogP) is 4.46. The maximum Gasteiger partial charge on any atom is 0.258 e. The number of carbonyl (C=O) groups is 1. The normalized spacial score (nSPS) is 15.7. The van der Waals surface area contributed by atoms with Crippen molar-refractivity contribution in [2.75, 3.05) is 25.1 Å². The van der Waals surface area contributed by atoms with Gasteiger partial charge in [0.05, 0.1) is 25.0 Å². The predicted molar refractivity (Wildman–Crippen MR) is 110 cm³/mol. The molecule has 0 fully saturated rings. The number of hydrogen-bond acceptors (Lipinski definition) is 5. The molecule has 1 atom stereocenters. The number of para-hydroxylation sites is 2. The number of amides is 1. The Balaban J connectivity index is 1.67. The van der Waals surface area contributed by atoms with E-state index in [0.717, 1.165) is 22.8 Å². The van der Waals surface area contributed by atoms with Gasteiger partial charge in [-0.1, -0.05) is 30.3 Å². The number of nitrogens with one attached hydrogen (secondary N) is 1. The first kappa shape index (κ1) is 19.1. The Kier molecular flexibility index (Phi) is 5.81. The lowest BCUT2D eigenvalue weighted by Crippen LogP contribution is -2.42. The zero-order chi connectivity index (χ0) is 20.1. The van der Waals surface area contributed by atoms with Gasteiger partial charge in [-0.3, -0.25) is 4.79 Å². The number of anilines is 1. The Morgan fingerprint density at radius 1 is 1.03 bits per heavy atom. The van der Waals surface area contributed by atoms with Crippen LogP contribution in [0.15, 0.2) is 71.3 Å². The minimum Gasteiger partial charge on any atom is -0.491 e. The molecule has 29 heavy (non-hydrogen) atoms. The van der Waals surface area contributed by atoms with Crippen molar-refractivity contribution in [3.63, 3.8) is 0 Å². The molecule has 150 valence electrons. The van der Waals surface area contributed by atoms with Gasteiger partial charge in [0.1, 0.15) is 24.3 Å². The molecule has 0 saturated heterocycles. The van der Waals surface area contributed by atoms with Crippen molar-refractivity contribution in [3.8, 4) is 5.75 Å². The summed E-state index contributed by atoms with van der Waals surface area (Å²) in [5, 5.41) is 3.50. The monoisotopic (exact) mass is 392 g/mol. The molecule has 0 saturated carbocycles. The first-order valence-corrected chi connectivity index (χ1v) is 9.76. The highest BCUT2D eigenvalue weighted by Crippen LogP contribution is 2.37. The minimum atomic E-state index is -0.384. The summed E-state index contributed by atoms with van der Waals surface area (Å²) >= 11 is 0. The first-order valence-electron chi connectivity index (χ1n) is 9.76. The molecule has 1 aliphatic rings. The van der Waals surface area contributed by atoms with E-state index in [2.05, 4.69) is 5.32 Å². The van der Waals surface area contributed by atoms with E-state index < -0.39 is 0 Å². The summed E-state index contributed by atoms with van der Waals surface area (Å²) < 4.78 is 16.9. The molecule has 6 heteroatoms. The number of nitrogens with zero attached hydrogens (tertiary/aromatic N) is 1. The van der Waals surface area contributed by atoms with Gasteiger partial charge in [0, 0.05) is 17.9 Å². The average molecular weight is 392 g/mol. The Morgan fingerprint density at radius 3 is 2.69 bits per heavy atom. The van der Waals surface area contributed by atoms with Crippen LogP contribution in [-0.4, -0.2) is 30.6 Å². The Hall–Kier alpha value is -3.25. The van der Waals surface area contributed by atoms with Crippen molar-refractivity contribution < 1.29 is 18.7 Å². The largest absolute Gasteiger partial charge is 0.491 e. The second-order valence-electron chi connectivity index (χ2n) is 6.69. The fourth-order valence-electron chi connectivity index (χ4n) is 3.46. The fraction of sp³-hybridized carbons (Fsp3) is 0.261. The van der Waals surface area contributed by atoms with Gasteiger partial charge in [0.2, 0.25) is 0 Å². The van der Waals surface area contributed by atoms with Crippen molar-refractivity contribution in [1.82, 2.24) is 4.90 Å². The Morgan fingerprint density at radius 2 is 1.86 bits per heavy atom. The zero-order valence-electron chi connectivity index (χ0n) is 16.3. The van der Waals surface area contributed by atoms with Gasteiger partial charge in [0.25, 0.3) is 5.91 Å². The first-order chi connectivity index (χ1) is 14.3. The molecule has 1 amide bonds. The van der Waals surface area contributed by atoms with E-state index in [1.165, 1.54) is 0 Å². The van der Waals surface area contributed by atoms with Crippen LogP contribution in [0, 0.1) is 0 Å². The third kappa shape index (κ3) is 4.12. The van der Waals surface area contributed by atoms with Gasteiger partial charge < -0.3 is 24.1 Å². The molecule has 6 nitrogen and oxygen atoms in total. The molecular formula is C23H24N2O4. The smallest absolute Gasteiger partial charge is 0.258 e. The van der Waals surface area contributed by atoms with Gasteiger partial charge >= 0.3 is 0 Å². The number of ether oxygens (including phenoxy) is 2. The lowest BCUT2D eigenvalue weighted by molar-refractivity contribution is 0.0646. The molecule has 2 aromatic carbocycles. The molecule has 1 aromatic heterocycles. The van der Waals surface area contributed by atoms with Crippen LogP contribution in [0.4, 0.5) is 5.69 Å². The highest BCUT2D eigenvalue weighted by molar-refractivity contribution is 6.01. The molecule has 1 N–H and O–H groups in total. The maximum atomic E-state index is 13.3. The van der Waals surface area contributed by atoms with E-state index in [4.69, 9.17) is 13.9 Å². The summed E-state index contributed by atoms with van der Waals surface area (Å²) in [6.07, 6.45) is 1.23. The van der Waals surface area contributed by atoms with Crippen LogP contribution in [0.3, 0.4) is 0 Å². The van der Waals surface area contributed by atoms with Crippen LogP contribution in [0.1, 0.15) is 34.8 Å². The van der Waals surface area contributed by atoms with Gasteiger partial charge in [-0.2, -0.15) is 0 Å². The van der Waals surface area contributed by atoms with Gasteiger partial charge in [-0.25, -0.2) is 0 Å². The molecule has 0 aliphatic carbocycles. The zero-order valence-corrected chi connectivity index (χ0v) is 16.3. The summed E-state index contributed by atoms with van der Waals surface area (Å²) in [6.45, 7) is 3.92.